The van der Waals surface area contributed by atoms with E-state index in [1.807, 2.05) is 0 Å². The van der Waals surface area contributed by atoms with Gasteiger partial charge in [-0.25, -0.2) is 0 Å². The monoisotopic (exact) mass is 206 g/mol. The van der Waals surface area contributed by atoms with Crippen LogP contribution in [0.1, 0.15) is 45.4 Å². The largest absolute Gasteiger partial charge is 0.352 e. The molecule has 2 saturated carbocycles. The molecule has 2 aliphatic carbocycles. The summed E-state index contributed by atoms with van der Waals surface area (Å²) in [7, 11) is 0. The summed E-state index contributed by atoms with van der Waals surface area (Å²) in [5, 5.41) is 12.2. The van der Waals surface area contributed by atoms with Gasteiger partial charge in [0.05, 0.1) is 6.07 Å². The first-order chi connectivity index (χ1) is 7.18. The normalized spacial score (nSPS) is 25.6. The molecular formula is C12H18N2O. The summed E-state index contributed by atoms with van der Waals surface area (Å²) in [6.45, 7) is 2.05. The fourth-order valence-electron chi connectivity index (χ4n) is 2.43. The van der Waals surface area contributed by atoms with E-state index in [1.165, 1.54) is 12.8 Å². The second-order valence-electron chi connectivity index (χ2n) is 5.00. The van der Waals surface area contributed by atoms with Crippen LogP contribution in [-0.4, -0.2) is 11.9 Å². The molecule has 3 nitrogen and oxygen atoms in total. The van der Waals surface area contributed by atoms with E-state index in [0.717, 1.165) is 25.7 Å². The first-order valence-electron chi connectivity index (χ1n) is 5.90. The van der Waals surface area contributed by atoms with Gasteiger partial charge in [-0.1, -0.05) is 12.8 Å². The van der Waals surface area contributed by atoms with Gasteiger partial charge in [0.25, 0.3) is 0 Å². The van der Waals surface area contributed by atoms with E-state index < -0.39 is 5.41 Å². The number of nitriles is 1. The number of carbonyl (C=O) groups is 1. The van der Waals surface area contributed by atoms with Crippen molar-refractivity contribution in [1.29, 1.82) is 5.26 Å². The van der Waals surface area contributed by atoms with Crippen molar-refractivity contribution in [2.45, 2.75) is 51.5 Å². The summed E-state index contributed by atoms with van der Waals surface area (Å²) in [5.41, 5.74) is -0.705. The molecule has 1 atom stereocenters. The summed E-state index contributed by atoms with van der Waals surface area (Å²) in [6.07, 6.45) is 5.96. The molecule has 2 aliphatic rings. The molecule has 0 bridgehead atoms. The summed E-state index contributed by atoms with van der Waals surface area (Å²) in [4.78, 5) is 12.0. The van der Waals surface area contributed by atoms with E-state index in [4.69, 9.17) is 5.26 Å². The quantitative estimate of drug-likeness (QED) is 0.767. The Morgan fingerprint density at radius 3 is 2.53 bits per heavy atom. The van der Waals surface area contributed by atoms with Gasteiger partial charge in [0.2, 0.25) is 5.91 Å². The number of hydrogen-bond acceptors (Lipinski definition) is 2. The minimum atomic E-state index is -0.705. The van der Waals surface area contributed by atoms with E-state index >= 15 is 0 Å². The van der Waals surface area contributed by atoms with Crippen molar-refractivity contribution in [3.63, 3.8) is 0 Å². The maximum atomic E-state index is 12.0. The molecule has 1 N–H and O–H groups in total. The zero-order valence-electron chi connectivity index (χ0n) is 9.25. The van der Waals surface area contributed by atoms with Gasteiger partial charge in [0, 0.05) is 6.04 Å². The first-order valence-corrected chi connectivity index (χ1v) is 5.90. The number of rotatable bonds is 3. The number of amides is 1. The molecule has 15 heavy (non-hydrogen) atoms. The zero-order valence-corrected chi connectivity index (χ0v) is 9.25. The van der Waals surface area contributed by atoms with Crippen LogP contribution in [0, 0.1) is 22.7 Å². The molecule has 2 rings (SSSR count). The second kappa shape index (κ2) is 3.84. The first kappa shape index (κ1) is 10.5. The van der Waals surface area contributed by atoms with Crippen LogP contribution in [0.25, 0.3) is 0 Å². The van der Waals surface area contributed by atoms with Crippen LogP contribution in [0.15, 0.2) is 0 Å². The molecule has 2 fully saturated rings. The molecular weight excluding hydrogens is 188 g/mol. The highest BCUT2D eigenvalue weighted by atomic mass is 16.2. The molecule has 0 aromatic carbocycles. The van der Waals surface area contributed by atoms with E-state index in [1.54, 1.807) is 0 Å². The molecule has 0 saturated heterocycles. The van der Waals surface area contributed by atoms with Crippen LogP contribution in [0.2, 0.25) is 0 Å². The highest BCUT2D eigenvalue weighted by Crippen LogP contribution is 2.39. The molecule has 0 aliphatic heterocycles. The van der Waals surface area contributed by atoms with Crippen LogP contribution < -0.4 is 5.32 Å². The van der Waals surface area contributed by atoms with Gasteiger partial charge in [-0.05, 0) is 38.5 Å². The van der Waals surface area contributed by atoms with Crippen molar-refractivity contribution in [2.75, 3.05) is 0 Å². The van der Waals surface area contributed by atoms with Crippen molar-refractivity contribution in [2.24, 2.45) is 11.3 Å². The highest BCUT2D eigenvalue weighted by molar-refractivity contribution is 5.86. The lowest BCUT2D eigenvalue weighted by Gasteiger charge is -2.22. The van der Waals surface area contributed by atoms with E-state index in [9.17, 15) is 4.79 Å². The predicted octanol–water partition coefficient (Wildman–Crippen LogP) is 1.99. The van der Waals surface area contributed by atoms with Gasteiger partial charge in [-0.2, -0.15) is 5.26 Å². The fraction of sp³-hybridized carbons (Fsp3) is 0.833. The number of carbonyl (C=O) groups excluding carboxylic acids is 1. The van der Waals surface area contributed by atoms with Gasteiger partial charge in [0.1, 0.15) is 5.41 Å². The molecule has 3 heteroatoms. The Morgan fingerprint density at radius 2 is 2.07 bits per heavy atom. The molecule has 0 heterocycles. The summed E-state index contributed by atoms with van der Waals surface area (Å²) in [6, 6.07) is 2.48. The van der Waals surface area contributed by atoms with Crippen molar-refractivity contribution >= 4 is 5.91 Å². The topological polar surface area (TPSA) is 52.9 Å². The Labute approximate surface area is 90.8 Å². The standard InChI is InChI=1S/C12H18N2O/c1-9(10-4-5-10)14-11(15)12(8-13)6-2-3-7-12/h9-10H,2-7H2,1H3,(H,14,15). The maximum Gasteiger partial charge on any atom is 0.240 e. The predicted molar refractivity (Wildman–Crippen MR) is 56.8 cm³/mol. The van der Waals surface area contributed by atoms with E-state index in [0.29, 0.717) is 5.92 Å². The lowest BCUT2D eigenvalue weighted by molar-refractivity contribution is -0.128. The third kappa shape index (κ3) is 1.99. The van der Waals surface area contributed by atoms with Crippen molar-refractivity contribution in [3.8, 4) is 6.07 Å². The summed E-state index contributed by atoms with van der Waals surface area (Å²) < 4.78 is 0. The average Bonchev–Trinajstić information content (AvgIpc) is 2.96. The van der Waals surface area contributed by atoms with Gasteiger partial charge in [0.15, 0.2) is 0 Å². The number of nitrogens with one attached hydrogen (secondary N) is 1. The fourth-order valence-corrected chi connectivity index (χ4v) is 2.43. The second-order valence-corrected chi connectivity index (χ2v) is 5.00. The van der Waals surface area contributed by atoms with Crippen molar-refractivity contribution < 1.29 is 4.79 Å². The molecule has 82 valence electrons. The van der Waals surface area contributed by atoms with Gasteiger partial charge in [-0.3, -0.25) is 4.79 Å². The molecule has 0 radical (unpaired) electrons. The van der Waals surface area contributed by atoms with E-state index in [-0.39, 0.29) is 11.9 Å². The molecule has 0 aromatic heterocycles. The van der Waals surface area contributed by atoms with Crippen LogP contribution in [0.3, 0.4) is 0 Å². The lowest BCUT2D eigenvalue weighted by atomic mass is 9.86. The van der Waals surface area contributed by atoms with Crippen molar-refractivity contribution in [3.05, 3.63) is 0 Å². The third-order valence-electron chi connectivity index (χ3n) is 3.79. The Bertz CT molecular complexity index is 295. The Balaban J connectivity index is 1.96. The average molecular weight is 206 g/mol. The Morgan fingerprint density at radius 1 is 1.47 bits per heavy atom. The van der Waals surface area contributed by atoms with E-state index in [2.05, 4.69) is 18.3 Å². The van der Waals surface area contributed by atoms with Gasteiger partial charge >= 0.3 is 0 Å². The smallest absolute Gasteiger partial charge is 0.240 e. The maximum absolute atomic E-state index is 12.0. The Kier molecular flexibility index (Phi) is 2.68. The minimum absolute atomic E-state index is 0.0260. The highest BCUT2D eigenvalue weighted by Gasteiger charge is 2.43. The van der Waals surface area contributed by atoms with Crippen LogP contribution in [0.5, 0.6) is 0 Å². The van der Waals surface area contributed by atoms with Crippen LogP contribution >= 0.6 is 0 Å². The summed E-state index contributed by atoms with van der Waals surface area (Å²) >= 11 is 0. The lowest BCUT2D eigenvalue weighted by Crippen LogP contribution is -2.43. The van der Waals surface area contributed by atoms with Gasteiger partial charge in [-0.15, -0.1) is 0 Å². The van der Waals surface area contributed by atoms with Crippen LogP contribution in [0.4, 0.5) is 0 Å². The zero-order chi connectivity index (χ0) is 10.9. The molecule has 1 amide bonds. The molecule has 0 spiro atoms. The minimum Gasteiger partial charge on any atom is -0.352 e. The molecule has 0 aromatic rings. The molecule has 1 unspecified atom stereocenters. The SMILES string of the molecule is CC(NC(=O)C1(C#N)CCCC1)C1CC1. The van der Waals surface area contributed by atoms with Crippen molar-refractivity contribution in [1.82, 2.24) is 5.32 Å². The Hall–Kier alpha value is -1.04. The van der Waals surface area contributed by atoms with Crippen LogP contribution in [-0.2, 0) is 4.79 Å². The summed E-state index contributed by atoms with van der Waals surface area (Å²) in [5.74, 6) is 0.632. The number of hydrogen-bond donors (Lipinski definition) is 1. The number of nitrogens with zero attached hydrogens (tertiary/aromatic N) is 1. The van der Waals surface area contributed by atoms with Gasteiger partial charge < -0.3 is 5.32 Å². The third-order valence-corrected chi connectivity index (χ3v) is 3.79.